The Hall–Kier alpha value is -0.710. The van der Waals surface area contributed by atoms with Crippen molar-refractivity contribution >= 4 is 31.9 Å². The van der Waals surface area contributed by atoms with Crippen molar-refractivity contribution in [3.05, 3.63) is 67.9 Å². The summed E-state index contributed by atoms with van der Waals surface area (Å²) >= 11 is 6.81. The molecular weight excluding hydrogens is 375 g/mol. The second kappa shape index (κ2) is 6.16. The summed E-state index contributed by atoms with van der Waals surface area (Å²) in [5.74, 6) is -0.297. The first-order valence-corrected chi connectivity index (χ1v) is 7.44. The lowest BCUT2D eigenvalue weighted by atomic mass is 10.00. The van der Waals surface area contributed by atoms with Gasteiger partial charge in [0.05, 0.1) is 6.10 Å². The number of aliphatic hydroxyl groups is 1. The van der Waals surface area contributed by atoms with Crippen molar-refractivity contribution in [2.75, 3.05) is 0 Å². The van der Waals surface area contributed by atoms with E-state index in [-0.39, 0.29) is 5.82 Å². The van der Waals surface area contributed by atoms with E-state index in [1.54, 1.807) is 6.07 Å². The van der Waals surface area contributed by atoms with Crippen molar-refractivity contribution in [2.24, 2.45) is 0 Å². The van der Waals surface area contributed by atoms with Gasteiger partial charge in [-0.15, -0.1) is 0 Å². The zero-order valence-corrected chi connectivity index (χ0v) is 13.5. The molecule has 0 saturated heterocycles. The molecule has 1 N–H and O–H groups in total. The molecule has 2 aromatic carbocycles. The van der Waals surface area contributed by atoms with Gasteiger partial charge in [-0.05, 0) is 42.3 Å². The second-order valence-electron chi connectivity index (χ2n) is 4.48. The van der Waals surface area contributed by atoms with Crippen molar-refractivity contribution in [1.82, 2.24) is 0 Å². The van der Waals surface area contributed by atoms with Crippen molar-refractivity contribution in [3.8, 4) is 0 Å². The SMILES string of the molecule is Cc1ccc(Br)c(C(O)Cc2cc(F)ccc2Br)c1. The van der Waals surface area contributed by atoms with Gasteiger partial charge in [0.15, 0.2) is 0 Å². The maximum absolute atomic E-state index is 13.2. The summed E-state index contributed by atoms with van der Waals surface area (Å²) < 4.78 is 14.9. The van der Waals surface area contributed by atoms with Gasteiger partial charge in [0.25, 0.3) is 0 Å². The fourth-order valence-electron chi connectivity index (χ4n) is 1.94. The van der Waals surface area contributed by atoms with Gasteiger partial charge in [-0.1, -0.05) is 49.6 Å². The number of hydrogen-bond acceptors (Lipinski definition) is 1. The van der Waals surface area contributed by atoms with Gasteiger partial charge in [0, 0.05) is 15.4 Å². The highest BCUT2D eigenvalue weighted by atomic mass is 79.9. The van der Waals surface area contributed by atoms with E-state index in [1.165, 1.54) is 12.1 Å². The van der Waals surface area contributed by atoms with Crippen molar-refractivity contribution in [1.29, 1.82) is 0 Å². The van der Waals surface area contributed by atoms with Gasteiger partial charge in [-0.25, -0.2) is 4.39 Å². The Morgan fingerprint density at radius 1 is 1.11 bits per heavy atom. The third-order valence-corrected chi connectivity index (χ3v) is 4.43. The molecule has 0 radical (unpaired) electrons. The molecule has 1 atom stereocenters. The van der Waals surface area contributed by atoms with Crippen LogP contribution in [0.15, 0.2) is 45.3 Å². The first-order valence-electron chi connectivity index (χ1n) is 5.85. The standard InChI is InChI=1S/C15H13Br2FO/c1-9-2-4-14(17)12(6-9)15(19)8-10-7-11(18)3-5-13(10)16/h2-7,15,19H,8H2,1H3. The number of aryl methyl sites for hydroxylation is 1. The minimum Gasteiger partial charge on any atom is -0.388 e. The van der Waals surface area contributed by atoms with Crippen molar-refractivity contribution < 1.29 is 9.50 Å². The van der Waals surface area contributed by atoms with Crippen LogP contribution in [0.3, 0.4) is 0 Å². The molecule has 100 valence electrons. The van der Waals surface area contributed by atoms with Crippen LogP contribution >= 0.6 is 31.9 Å². The van der Waals surface area contributed by atoms with Crippen LogP contribution in [-0.2, 0) is 6.42 Å². The molecule has 0 aromatic heterocycles. The molecule has 0 amide bonds. The zero-order chi connectivity index (χ0) is 14.0. The fraction of sp³-hybridized carbons (Fsp3) is 0.200. The van der Waals surface area contributed by atoms with Gasteiger partial charge >= 0.3 is 0 Å². The summed E-state index contributed by atoms with van der Waals surface area (Å²) in [6.07, 6.45) is -0.312. The van der Waals surface area contributed by atoms with Crippen LogP contribution < -0.4 is 0 Å². The lowest BCUT2D eigenvalue weighted by molar-refractivity contribution is 0.177. The third-order valence-electron chi connectivity index (χ3n) is 2.93. The largest absolute Gasteiger partial charge is 0.388 e. The van der Waals surface area contributed by atoms with Crippen LogP contribution in [-0.4, -0.2) is 5.11 Å². The summed E-state index contributed by atoms with van der Waals surface area (Å²) in [6.45, 7) is 1.97. The van der Waals surface area contributed by atoms with Gasteiger partial charge in [-0.2, -0.15) is 0 Å². The maximum atomic E-state index is 13.2. The third kappa shape index (κ3) is 3.65. The molecule has 2 rings (SSSR count). The molecule has 1 nitrogen and oxygen atoms in total. The Labute approximate surface area is 128 Å². The highest BCUT2D eigenvalue weighted by Gasteiger charge is 2.14. The molecule has 0 aliphatic rings. The quantitative estimate of drug-likeness (QED) is 0.791. The molecule has 0 heterocycles. The van der Waals surface area contributed by atoms with Crippen molar-refractivity contribution in [3.63, 3.8) is 0 Å². The second-order valence-corrected chi connectivity index (χ2v) is 6.19. The number of halogens is 3. The average Bonchev–Trinajstić information content (AvgIpc) is 2.36. The Morgan fingerprint density at radius 2 is 1.79 bits per heavy atom. The monoisotopic (exact) mass is 386 g/mol. The summed E-state index contributed by atoms with van der Waals surface area (Å²) in [5, 5.41) is 10.3. The van der Waals surface area contributed by atoms with Crippen LogP contribution in [0.25, 0.3) is 0 Å². The molecule has 19 heavy (non-hydrogen) atoms. The molecule has 0 bridgehead atoms. The molecule has 0 aliphatic heterocycles. The van der Waals surface area contributed by atoms with Crippen LogP contribution in [0.4, 0.5) is 4.39 Å². The van der Waals surface area contributed by atoms with E-state index in [4.69, 9.17) is 0 Å². The van der Waals surface area contributed by atoms with E-state index >= 15 is 0 Å². The molecule has 4 heteroatoms. The van der Waals surface area contributed by atoms with E-state index in [1.807, 2.05) is 25.1 Å². The fourth-order valence-corrected chi connectivity index (χ4v) is 2.86. The number of rotatable bonds is 3. The molecule has 0 spiro atoms. The summed E-state index contributed by atoms with van der Waals surface area (Å²) in [5.41, 5.74) is 2.65. The highest BCUT2D eigenvalue weighted by Crippen LogP contribution is 2.29. The normalized spacial score (nSPS) is 12.5. The van der Waals surface area contributed by atoms with Gasteiger partial charge in [0.2, 0.25) is 0 Å². The topological polar surface area (TPSA) is 20.2 Å². The first-order chi connectivity index (χ1) is 8.97. The maximum Gasteiger partial charge on any atom is 0.123 e. The molecule has 0 saturated carbocycles. The molecule has 2 aromatic rings. The predicted octanol–water partition coefficient (Wildman–Crippen LogP) is 4.94. The Kier molecular flexibility index (Phi) is 4.76. The molecular formula is C15H13Br2FO. The highest BCUT2D eigenvalue weighted by molar-refractivity contribution is 9.10. The van der Waals surface area contributed by atoms with Crippen LogP contribution in [0.5, 0.6) is 0 Å². The molecule has 0 aliphatic carbocycles. The first kappa shape index (κ1) is 14.7. The number of hydrogen-bond donors (Lipinski definition) is 1. The lowest BCUT2D eigenvalue weighted by Crippen LogP contribution is -2.04. The smallest absolute Gasteiger partial charge is 0.123 e. The average molecular weight is 388 g/mol. The zero-order valence-electron chi connectivity index (χ0n) is 10.3. The van der Waals surface area contributed by atoms with E-state index < -0.39 is 6.10 Å². The van der Waals surface area contributed by atoms with Crippen LogP contribution in [0.1, 0.15) is 22.8 Å². The number of benzene rings is 2. The minimum absolute atomic E-state index is 0.297. The summed E-state index contributed by atoms with van der Waals surface area (Å²) in [4.78, 5) is 0. The van der Waals surface area contributed by atoms with E-state index in [9.17, 15) is 9.50 Å². The van der Waals surface area contributed by atoms with Crippen LogP contribution in [0, 0.1) is 12.7 Å². The lowest BCUT2D eigenvalue weighted by Gasteiger charge is -2.15. The van der Waals surface area contributed by atoms with Gasteiger partial charge in [0.1, 0.15) is 5.82 Å². The minimum atomic E-state index is -0.674. The Morgan fingerprint density at radius 3 is 2.53 bits per heavy atom. The molecule has 0 fully saturated rings. The summed E-state index contributed by atoms with van der Waals surface area (Å²) in [7, 11) is 0. The van der Waals surface area contributed by atoms with Gasteiger partial charge < -0.3 is 5.11 Å². The van der Waals surface area contributed by atoms with Crippen molar-refractivity contribution in [2.45, 2.75) is 19.4 Å². The Balaban J connectivity index is 2.27. The van der Waals surface area contributed by atoms with E-state index in [2.05, 4.69) is 31.9 Å². The van der Waals surface area contributed by atoms with E-state index in [0.29, 0.717) is 6.42 Å². The van der Waals surface area contributed by atoms with Gasteiger partial charge in [-0.3, -0.25) is 0 Å². The van der Waals surface area contributed by atoms with Crippen LogP contribution in [0.2, 0.25) is 0 Å². The Bertz CT molecular complexity index is 599. The number of aliphatic hydroxyl groups excluding tert-OH is 1. The van der Waals surface area contributed by atoms with E-state index in [0.717, 1.165) is 25.6 Å². The predicted molar refractivity (Wildman–Crippen MR) is 81.6 cm³/mol. The summed E-state index contributed by atoms with van der Waals surface area (Å²) in [6, 6.07) is 10.3. The molecule has 1 unspecified atom stereocenters.